The molecule has 32 heavy (non-hydrogen) atoms. The van der Waals surface area contributed by atoms with Gasteiger partial charge in [0.05, 0.1) is 12.4 Å². The Kier molecular flexibility index (Phi) is 9.61. The van der Waals surface area contributed by atoms with Crippen LogP contribution >= 0.6 is 0 Å². The Morgan fingerprint density at radius 1 is 1.09 bits per heavy atom. The highest BCUT2D eigenvalue weighted by molar-refractivity contribution is 5.93. The molecule has 7 nitrogen and oxygen atoms in total. The lowest BCUT2D eigenvalue weighted by atomic mass is 10.3. The molecule has 0 saturated carbocycles. The van der Waals surface area contributed by atoms with Crippen molar-refractivity contribution in [2.75, 3.05) is 25.0 Å². The number of pyridine rings is 1. The average molecular weight is 437 g/mol. The summed E-state index contributed by atoms with van der Waals surface area (Å²) in [5.41, 5.74) is 1.99. The number of rotatable bonds is 12. The van der Waals surface area contributed by atoms with Crippen LogP contribution in [0.25, 0.3) is 0 Å². The maximum absolute atomic E-state index is 5.72. The Balaban J connectivity index is 1.50. The van der Waals surface area contributed by atoms with E-state index in [9.17, 15) is 0 Å². The molecule has 0 bridgehead atoms. The third-order valence-corrected chi connectivity index (χ3v) is 4.43. The monoisotopic (exact) mass is 436 g/mol. The number of hydrogen-bond acceptors (Lipinski definition) is 5. The first-order chi connectivity index (χ1) is 15.7. The summed E-state index contributed by atoms with van der Waals surface area (Å²) >= 11 is 0. The Morgan fingerprint density at radius 3 is 2.69 bits per heavy atom. The van der Waals surface area contributed by atoms with Crippen molar-refractivity contribution in [2.45, 2.75) is 39.4 Å². The Bertz CT molecular complexity index is 910. The van der Waals surface area contributed by atoms with Crippen LogP contribution in [0.2, 0.25) is 0 Å². The highest BCUT2D eigenvalue weighted by Gasteiger charge is 2.03. The molecule has 2 aromatic heterocycles. The molecule has 2 heterocycles. The zero-order valence-electron chi connectivity index (χ0n) is 18.8. The van der Waals surface area contributed by atoms with Gasteiger partial charge in [-0.1, -0.05) is 6.07 Å². The van der Waals surface area contributed by atoms with E-state index in [-0.39, 0.29) is 6.10 Å². The molecule has 0 spiro atoms. The summed E-state index contributed by atoms with van der Waals surface area (Å²) in [5, 5.41) is 6.75. The van der Waals surface area contributed by atoms with Crippen LogP contribution in [0.3, 0.4) is 0 Å². The van der Waals surface area contributed by atoms with E-state index in [1.54, 1.807) is 6.26 Å². The second-order valence-electron chi connectivity index (χ2n) is 7.53. The molecule has 0 unspecified atom stereocenters. The molecule has 0 saturated heterocycles. The molecule has 2 N–H and O–H groups in total. The number of aromatic nitrogens is 1. The van der Waals surface area contributed by atoms with E-state index < -0.39 is 0 Å². The molecular weight excluding hydrogens is 404 g/mol. The highest BCUT2D eigenvalue weighted by Crippen LogP contribution is 2.16. The molecule has 3 aromatic rings. The number of nitrogens with zero attached hydrogens (tertiary/aromatic N) is 2. The molecule has 0 aliphatic heterocycles. The Morgan fingerprint density at radius 2 is 1.97 bits per heavy atom. The van der Waals surface area contributed by atoms with Gasteiger partial charge in [0.25, 0.3) is 0 Å². The topological polar surface area (TPSA) is 80.9 Å². The molecule has 0 amide bonds. The van der Waals surface area contributed by atoms with Crippen LogP contribution in [0.1, 0.15) is 31.7 Å². The predicted octanol–water partition coefficient (Wildman–Crippen LogP) is 4.67. The molecular formula is C25H32N4O3. The van der Waals surface area contributed by atoms with E-state index >= 15 is 0 Å². The van der Waals surface area contributed by atoms with Gasteiger partial charge in [-0.2, -0.15) is 0 Å². The van der Waals surface area contributed by atoms with Gasteiger partial charge < -0.3 is 24.5 Å². The van der Waals surface area contributed by atoms with Gasteiger partial charge in [-0.05, 0) is 68.8 Å². The van der Waals surface area contributed by atoms with Gasteiger partial charge in [0.15, 0.2) is 5.96 Å². The van der Waals surface area contributed by atoms with E-state index in [2.05, 4.69) is 15.6 Å². The summed E-state index contributed by atoms with van der Waals surface area (Å²) in [5.74, 6) is 2.40. The first kappa shape index (κ1) is 23.3. The molecule has 1 aromatic carbocycles. The van der Waals surface area contributed by atoms with Crippen molar-refractivity contribution >= 4 is 11.6 Å². The van der Waals surface area contributed by atoms with Crippen LogP contribution < -0.4 is 15.4 Å². The highest BCUT2D eigenvalue weighted by atomic mass is 16.5. The second-order valence-corrected chi connectivity index (χ2v) is 7.53. The van der Waals surface area contributed by atoms with Gasteiger partial charge >= 0.3 is 0 Å². The number of benzene rings is 1. The van der Waals surface area contributed by atoms with Crippen LogP contribution in [0.5, 0.6) is 5.75 Å². The summed E-state index contributed by atoms with van der Waals surface area (Å²) in [4.78, 5) is 9.07. The van der Waals surface area contributed by atoms with Crippen LogP contribution in [0.4, 0.5) is 5.69 Å². The van der Waals surface area contributed by atoms with Crippen molar-refractivity contribution in [3.63, 3.8) is 0 Å². The molecule has 0 atom stereocenters. The number of furan rings is 1. The quantitative estimate of drug-likeness (QED) is 0.244. The average Bonchev–Trinajstić information content (AvgIpc) is 3.31. The zero-order valence-corrected chi connectivity index (χ0v) is 18.8. The maximum Gasteiger partial charge on any atom is 0.195 e. The fourth-order valence-corrected chi connectivity index (χ4v) is 2.95. The SMILES string of the molecule is CC(C)Oc1ccc(NC(=NCCCOCc2ccco2)NCCc2ccccn2)cc1. The molecule has 7 heteroatoms. The van der Waals surface area contributed by atoms with Gasteiger partial charge in [0.1, 0.15) is 18.1 Å². The van der Waals surface area contributed by atoms with Gasteiger partial charge in [-0.25, -0.2) is 0 Å². The second kappa shape index (κ2) is 13.2. The number of nitrogens with one attached hydrogen (secondary N) is 2. The largest absolute Gasteiger partial charge is 0.491 e. The van der Waals surface area contributed by atoms with Crippen LogP contribution in [0.15, 0.2) is 76.5 Å². The first-order valence-electron chi connectivity index (χ1n) is 11.0. The standard InChI is InChI=1S/C25H32N4O3/c1-20(2)32-23-11-9-22(10-12-23)29-25(28-16-13-21-7-3-4-14-26-21)27-15-6-17-30-19-24-8-5-18-31-24/h3-5,7-12,14,18,20H,6,13,15-17,19H2,1-2H3,(H2,27,28,29). The molecule has 0 aliphatic carbocycles. The fraction of sp³-hybridized carbons (Fsp3) is 0.360. The number of aliphatic imine (C=N–C) groups is 1. The van der Waals surface area contributed by atoms with E-state index in [1.807, 2.05) is 74.6 Å². The predicted molar refractivity (Wildman–Crippen MR) is 127 cm³/mol. The smallest absolute Gasteiger partial charge is 0.195 e. The number of guanidine groups is 1. The van der Waals surface area contributed by atoms with Crippen molar-refractivity contribution in [1.29, 1.82) is 0 Å². The van der Waals surface area contributed by atoms with Crippen molar-refractivity contribution in [3.05, 3.63) is 78.5 Å². The van der Waals surface area contributed by atoms with Crippen LogP contribution in [-0.4, -0.2) is 36.7 Å². The lowest BCUT2D eigenvalue weighted by molar-refractivity contribution is 0.105. The van der Waals surface area contributed by atoms with E-state index in [0.717, 1.165) is 48.2 Å². The Labute approximate surface area is 189 Å². The van der Waals surface area contributed by atoms with Gasteiger partial charge in [0.2, 0.25) is 0 Å². The van der Waals surface area contributed by atoms with Crippen molar-refractivity contribution in [1.82, 2.24) is 10.3 Å². The van der Waals surface area contributed by atoms with E-state index in [4.69, 9.17) is 18.9 Å². The molecule has 0 fully saturated rings. The van der Waals surface area contributed by atoms with Gasteiger partial charge in [-0.3, -0.25) is 9.98 Å². The minimum Gasteiger partial charge on any atom is -0.491 e. The summed E-state index contributed by atoms with van der Waals surface area (Å²) in [6, 6.07) is 17.6. The maximum atomic E-state index is 5.72. The van der Waals surface area contributed by atoms with Crippen LogP contribution in [0, 0.1) is 0 Å². The lowest BCUT2D eigenvalue weighted by Gasteiger charge is -2.14. The molecule has 0 aliphatic rings. The van der Waals surface area contributed by atoms with Crippen molar-refractivity contribution < 1.29 is 13.9 Å². The molecule has 0 radical (unpaired) electrons. The van der Waals surface area contributed by atoms with Crippen LogP contribution in [-0.2, 0) is 17.8 Å². The molecule has 170 valence electrons. The minimum atomic E-state index is 0.147. The summed E-state index contributed by atoms with van der Waals surface area (Å²) in [7, 11) is 0. The number of ether oxygens (including phenoxy) is 2. The van der Waals surface area contributed by atoms with Gasteiger partial charge in [-0.15, -0.1) is 0 Å². The van der Waals surface area contributed by atoms with Crippen molar-refractivity contribution in [3.8, 4) is 5.75 Å². The summed E-state index contributed by atoms with van der Waals surface area (Å²) in [6.45, 7) is 6.50. The summed E-state index contributed by atoms with van der Waals surface area (Å²) < 4.78 is 16.6. The molecule has 3 rings (SSSR count). The third kappa shape index (κ3) is 8.81. The summed E-state index contributed by atoms with van der Waals surface area (Å²) in [6.07, 6.45) is 5.24. The van der Waals surface area contributed by atoms with E-state index in [1.165, 1.54) is 0 Å². The third-order valence-electron chi connectivity index (χ3n) is 4.43. The van der Waals surface area contributed by atoms with E-state index in [0.29, 0.717) is 19.8 Å². The minimum absolute atomic E-state index is 0.147. The van der Waals surface area contributed by atoms with Gasteiger partial charge in [0, 0.05) is 43.7 Å². The Hall–Kier alpha value is -3.32. The lowest BCUT2D eigenvalue weighted by Crippen LogP contribution is -2.32. The fourth-order valence-electron chi connectivity index (χ4n) is 2.95. The number of hydrogen-bond donors (Lipinski definition) is 2. The normalized spacial score (nSPS) is 11.5. The zero-order chi connectivity index (χ0) is 22.4. The van der Waals surface area contributed by atoms with Crippen molar-refractivity contribution in [2.24, 2.45) is 4.99 Å². The first-order valence-corrected chi connectivity index (χ1v) is 11.0. The number of anilines is 1.